The Morgan fingerprint density at radius 1 is 1.21 bits per heavy atom. The van der Waals surface area contributed by atoms with Crippen LogP contribution in [0.25, 0.3) is 17.0 Å². The van der Waals surface area contributed by atoms with E-state index < -0.39 is 34.0 Å². The largest absolute Gasteiger partial charge is 0.496 e. The molecular formula is C27H33N4O5S2+. The molecule has 0 aliphatic heterocycles. The fourth-order valence-corrected chi connectivity index (χ4v) is 5.82. The number of aliphatic carboxylic acids is 1. The van der Waals surface area contributed by atoms with Crippen molar-refractivity contribution < 1.29 is 28.8 Å². The zero-order valence-corrected chi connectivity index (χ0v) is 24.1. The summed E-state index contributed by atoms with van der Waals surface area (Å²) in [6, 6.07) is 5.78. The Labute approximate surface area is 232 Å². The molecule has 0 spiro atoms. The first-order valence-electron chi connectivity index (χ1n) is 12.2. The first kappa shape index (κ1) is 28.0. The Bertz CT molecular complexity index is 1420. The second-order valence-electron chi connectivity index (χ2n) is 10.8. The molecule has 9 nitrogen and oxygen atoms in total. The number of carbonyl (C=O) groups is 3. The van der Waals surface area contributed by atoms with Crippen molar-refractivity contribution in [1.29, 1.82) is 0 Å². The predicted octanol–water partition coefficient (Wildman–Crippen LogP) is 2.64. The fraction of sp³-hybridized carbons (Fsp3) is 0.444. The number of hydrogen-bond donors (Lipinski definition) is 5. The molecule has 1 atom stereocenters. The van der Waals surface area contributed by atoms with E-state index in [0.29, 0.717) is 17.4 Å². The fourth-order valence-electron chi connectivity index (χ4n) is 5.34. The van der Waals surface area contributed by atoms with E-state index in [-0.39, 0.29) is 18.0 Å². The maximum absolute atomic E-state index is 13.1. The number of ketones is 1. The second kappa shape index (κ2) is 9.60. The molecule has 0 fully saturated rings. The number of pyridine rings is 1. The van der Waals surface area contributed by atoms with Gasteiger partial charge in [0.1, 0.15) is 22.6 Å². The average molecular weight is 558 g/mol. The van der Waals surface area contributed by atoms with Crippen molar-refractivity contribution >= 4 is 54.0 Å². The molecule has 0 bridgehead atoms. The standard InChI is InChI=1S/C27H32N4O5S2/c1-14-19(11-27(38,13-37)23(35)28-12-21(32)33)31(8-7-20(14)36-6)24-29-17-9-15-16(10-18(17)30-24)26(4,5)22(34)25(15,2)3/h7-10H,11-13H2,1-6H3,(H4-,28,29,30,32,33,35,37,38)/p+1. The number of aromatic amines is 1. The van der Waals surface area contributed by atoms with E-state index in [1.807, 2.05) is 57.4 Å². The smallest absolute Gasteiger partial charge is 0.402 e. The highest BCUT2D eigenvalue weighted by Crippen LogP contribution is 2.47. The molecule has 202 valence electrons. The van der Waals surface area contributed by atoms with Crippen LogP contribution in [0.2, 0.25) is 0 Å². The van der Waals surface area contributed by atoms with Crippen LogP contribution in [0, 0.1) is 6.92 Å². The van der Waals surface area contributed by atoms with Crippen molar-refractivity contribution in [2.45, 2.75) is 56.6 Å². The Balaban J connectivity index is 1.84. The highest BCUT2D eigenvalue weighted by atomic mass is 32.1. The summed E-state index contributed by atoms with van der Waals surface area (Å²) in [6.07, 6.45) is 1.92. The Morgan fingerprint density at radius 2 is 1.84 bits per heavy atom. The lowest BCUT2D eigenvalue weighted by Crippen LogP contribution is -2.50. The SMILES string of the molecule is COc1cc[n+](-c2nc3cc4c(cc3[nH]2)C(C)(C)C(=O)C4(C)C)c(CC(S)(CS)C(=O)NCC(=O)O)c1C. The highest BCUT2D eigenvalue weighted by Gasteiger charge is 2.51. The lowest BCUT2D eigenvalue weighted by Gasteiger charge is -2.26. The van der Waals surface area contributed by atoms with Gasteiger partial charge in [0.05, 0.1) is 19.0 Å². The van der Waals surface area contributed by atoms with Crippen LogP contribution >= 0.6 is 25.3 Å². The molecule has 38 heavy (non-hydrogen) atoms. The number of nitrogens with zero attached hydrogens (tertiary/aromatic N) is 2. The van der Waals surface area contributed by atoms with Crippen LogP contribution in [0.1, 0.15) is 50.1 Å². The molecule has 4 rings (SSSR count). The molecule has 2 heterocycles. The number of amides is 1. The normalized spacial score (nSPS) is 17.2. The number of carboxylic acid groups (broad SMARTS) is 1. The number of fused-ring (bicyclic) bond motifs is 2. The predicted molar refractivity (Wildman–Crippen MR) is 150 cm³/mol. The minimum absolute atomic E-state index is 0.0588. The van der Waals surface area contributed by atoms with E-state index in [9.17, 15) is 14.4 Å². The maximum Gasteiger partial charge on any atom is 0.402 e. The average Bonchev–Trinajstić information content (AvgIpc) is 3.34. The summed E-state index contributed by atoms with van der Waals surface area (Å²) in [7, 11) is 1.57. The van der Waals surface area contributed by atoms with Gasteiger partial charge in [0, 0.05) is 34.6 Å². The molecule has 11 heteroatoms. The lowest BCUT2D eigenvalue weighted by atomic mass is 9.80. The number of aromatic nitrogens is 3. The molecule has 1 unspecified atom stereocenters. The van der Waals surface area contributed by atoms with Gasteiger partial charge in [0.15, 0.2) is 11.3 Å². The number of benzene rings is 1. The minimum atomic E-state index is -1.31. The Kier molecular flexibility index (Phi) is 7.07. The molecule has 3 aromatic rings. The number of Topliss-reactive ketones (excluding diaryl/α,β-unsaturated/α-hetero) is 1. The van der Waals surface area contributed by atoms with E-state index in [4.69, 9.17) is 14.8 Å². The zero-order valence-electron chi connectivity index (χ0n) is 22.3. The molecule has 0 radical (unpaired) electrons. The summed E-state index contributed by atoms with van der Waals surface area (Å²) in [5.41, 5.74) is 3.68. The van der Waals surface area contributed by atoms with Crippen molar-refractivity contribution in [2.75, 3.05) is 19.4 Å². The van der Waals surface area contributed by atoms with Crippen molar-refractivity contribution in [3.63, 3.8) is 0 Å². The number of H-pyrrole nitrogens is 1. The molecule has 1 amide bonds. The third kappa shape index (κ3) is 4.45. The van der Waals surface area contributed by atoms with Gasteiger partial charge in [-0.3, -0.25) is 14.4 Å². The van der Waals surface area contributed by atoms with Crippen LogP contribution in [0.5, 0.6) is 5.75 Å². The van der Waals surface area contributed by atoms with Crippen LogP contribution in [-0.4, -0.2) is 56.9 Å². The number of carbonyl (C=O) groups excluding carboxylic acids is 2. The molecule has 1 aromatic carbocycles. The van der Waals surface area contributed by atoms with Crippen LogP contribution in [0.3, 0.4) is 0 Å². The number of carboxylic acids is 1. The van der Waals surface area contributed by atoms with Gasteiger partial charge in [-0.25, -0.2) is 9.55 Å². The number of methoxy groups -OCH3 is 1. The third-order valence-corrected chi connectivity index (χ3v) is 8.86. The summed E-state index contributed by atoms with van der Waals surface area (Å²) in [6.45, 7) is 9.15. The van der Waals surface area contributed by atoms with E-state index >= 15 is 0 Å². The van der Waals surface area contributed by atoms with E-state index in [0.717, 1.165) is 27.7 Å². The van der Waals surface area contributed by atoms with Gasteiger partial charge in [0.25, 0.3) is 0 Å². The molecule has 1 aliphatic carbocycles. The molecule has 0 saturated carbocycles. The number of rotatable bonds is 8. The number of nitrogens with one attached hydrogen (secondary N) is 2. The van der Waals surface area contributed by atoms with Crippen LogP contribution in [0.4, 0.5) is 0 Å². The molecular weight excluding hydrogens is 524 g/mol. The second-order valence-corrected chi connectivity index (χ2v) is 12.0. The highest BCUT2D eigenvalue weighted by molar-refractivity contribution is 7.86. The van der Waals surface area contributed by atoms with Crippen molar-refractivity contribution in [2.24, 2.45) is 0 Å². The van der Waals surface area contributed by atoms with E-state index in [2.05, 4.69) is 35.6 Å². The monoisotopic (exact) mass is 557 g/mol. The van der Waals surface area contributed by atoms with E-state index in [1.54, 1.807) is 13.3 Å². The lowest BCUT2D eigenvalue weighted by molar-refractivity contribution is -0.612. The summed E-state index contributed by atoms with van der Waals surface area (Å²) in [4.78, 5) is 45.3. The molecule has 3 N–H and O–H groups in total. The summed E-state index contributed by atoms with van der Waals surface area (Å²) < 4.78 is 6.06. The van der Waals surface area contributed by atoms with Gasteiger partial charge >= 0.3 is 11.9 Å². The van der Waals surface area contributed by atoms with Crippen LogP contribution < -0.4 is 14.6 Å². The number of ether oxygens (including phenoxy) is 1. The van der Waals surface area contributed by atoms with Crippen molar-refractivity contribution in [1.82, 2.24) is 15.3 Å². The van der Waals surface area contributed by atoms with Crippen LogP contribution in [-0.2, 0) is 31.6 Å². The Morgan fingerprint density at radius 3 is 2.42 bits per heavy atom. The number of thiol groups is 2. The van der Waals surface area contributed by atoms with Crippen LogP contribution in [0.15, 0.2) is 24.4 Å². The summed E-state index contributed by atoms with van der Waals surface area (Å²) >= 11 is 9.01. The van der Waals surface area contributed by atoms with Gasteiger partial charge in [0.2, 0.25) is 5.91 Å². The van der Waals surface area contributed by atoms with Crippen molar-refractivity contribution in [3.05, 3.63) is 46.8 Å². The molecule has 1 aliphatic rings. The van der Waals surface area contributed by atoms with Gasteiger partial charge in [-0.15, -0.1) is 0 Å². The van der Waals surface area contributed by atoms with Gasteiger partial charge in [-0.2, -0.15) is 25.3 Å². The number of hydrogen-bond acceptors (Lipinski definition) is 7. The zero-order chi connectivity index (χ0) is 28.2. The number of imidazole rings is 1. The Hall–Kier alpha value is -3.05. The summed E-state index contributed by atoms with van der Waals surface area (Å²) in [5, 5.41) is 11.4. The maximum atomic E-state index is 13.1. The van der Waals surface area contributed by atoms with E-state index in [1.165, 1.54) is 0 Å². The van der Waals surface area contributed by atoms with Gasteiger partial charge in [-0.05, 0) is 57.9 Å². The molecule has 2 aromatic heterocycles. The minimum Gasteiger partial charge on any atom is -0.496 e. The first-order chi connectivity index (χ1) is 17.7. The van der Waals surface area contributed by atoms with Gasteiger partial charge in [-0.1, -0.05) is 4.98 Å². The third-order valence-electron chi connectivity index (χ3n) is 7.55. The summed E-state index contributed by atoms with van der Waals surface area (Å²) in [5.74, 6) is -0.316. The van der Waals surface area contributed by atoms with Crippen molar-refractivity contribution in [3.8, 4) is 11.7 Å². The van der Waals surface area contributed by atoms with Gasteiger partial charge < -0.3 is 15.2 Å². The molecule has 0 saturated heterocycles. The first-order valence-corrected chi connectivity index (χ1v) is 13.3. The quantitative estimate of drug-likeness (QED) is 0.214. The topological polar surface area (TPSA) is 125 Å².